The van der Waals surface area contributed by atoms with Gasteiger partial charge in [-0.3, -0.25) is 10.1 Å². The third kappa shape index (κ3) is 5.47. The van der Waals surface area contributed by atoms with Crippen LogP contribution in [0.25, 0.3) is 0 Å². The number of nitro benzene ring substituents is 1. The first-order valence-corrected chi connectivity index (χ1v) is 6.62. The lowest BCUT2D eigenvalue weighted by Gasteiger charge is -2.25. The van der Waals surface area contributed by atoms with Crippen LogP contribution in [0.5, 0.6) is 5.75 Å². The summed E-state index contributed by atoms with van der Waals surface area (Å²) in [5, 5.41) is 20.8. The van der Waals surface area contributed by atoms with Gasteiger partial charge >= 0.3 is 5.69 Å². The molecule has 1 saturated heterocycles. The number of hydrogen-bond donors (Lipinski definition) is 2. The lowest BCUT2D eigenvalue weighted by atomic mass is 10.3. The number of benzene rings is 1. The molecule has 8 heteroatoms. The highest BCUT2D eigenvalue weighted by molar-refractivity contribution is 5.45. The fraction of sp³-hybridized carbons (Fsp3) is 0.538. The Balaban J connectivity index is 0.00000220. The van der Waals surface area contributed by atoms with Gasteiger partial charge in [0.05, 0.1) is 18.1 Å². The summed E-state index contributed by atoms with van der Waals surface area (Å²) < 4.78 is 10.6. The summed E-state index contributed by atoms with van der Waals surface area (Å²) in [5.41, 5.74) is -0.0848. The second-order valence-corrected chi connectivity index (χ2v) is 4.76. The summed E-state index contributed by atoms with van der Waals surface area (Å²) in [5.74, 6) is 0.188. The van der Waals surface area contributed by atoms with Gasteiger partial charge in [-0.2, -0.15) is 0 Å². The van der Waals surface area contributed by atoms with Crippen LogP contribution in [0, 0.1) is 10.1 Å². The van der Waals surface area contributed by atoms with Crippen molar-refractivity contribution in [3.63, 3.8) is 0 Å². The number of ether oxygens (including phenoxy) is 2. The lowest BCUT2D eigenvalue weighted by molar-refractivity contribution is -0.911. The van der Waals surface area contributed by atoms with Crippen LogP contribution < -0.4 is 22.0 Å². The van der Waals surface area contributed by atoms with E-state index in [0.29, 0.717) is 19.8 Å². The number of morpholine rings is 1. The fourth-order valence-corrected chi connectivity index (χ4v) is 2.17. The Morgan fingerprint density at radius 3 is 2.71 bits per heavy atom. The van der Waals surface area contributed by atoms with Crippen LogP contribution in [0.4, 0.5) is 5.69 Å². The molecule has 2 N–H and O–H groups in total. The summed E-state index contributed by atoms with van der Waals surface area (Å²) in [7, 11) is 0. The minimum absolute atomic E-state index is 0. The number of para-hydroxylation sites is 2. The largest absolute Gasteiger partial charge is 1.00 e. The molecule has 1 fully saturated rings. The van der Waals surface area contributed by atoms with E-state index in [0.717, 1.165) is 13.1 Å². The predicted molar refractivity (Wildman–Crippen MR) is 71.0 cm³/mol. The molecule has 0 aliphatic carbocycles. The second kappa shape index (κ2) is 8.78. The minimum Gasteiger partial charge on any atom is -1.00 e. The van der Waals surface area contributed by atoms with Crippen LogP contribution in [0.1, 0.15) is 0 Å². The van der Waals surface area contributed by atoms with Crippen molar-refractivity contribution in [2.75, 3.05) is 39.5 Å². The first-order chi connectivity index (χ1) is 9.66. The topological polar surface area (TPSA) is 86.3 Å². The number of aliphatic hydroxyl groups is 1. The summed E-state index contributed by atoms with van der Waals surface area (Å²) >= 11 is 0. The first kappa shape index (κ1) is 17.6. The van der Waals surface area contributed by atoms with E-state index in [1.807, 2.05) is 0 Å². The molecule has 1 aliphatic rings. The van der Waals surface area contributed by atoms with Gasteiger partial charge in [-0.05, 0) is 6.07 Å². The van der Waals surface area contributed by atoms with Crippen molar-refractivity contribution in [1.29, 1.82) is 0 Å². The highest BCUT2D eigenvalue weighted by atomic mass is 35.5. The molecule has 1 aliphatic heterocycles. The van der Waals surface area contributed by atoms with E-state index >= 15 is 0 Å². The molecule has 21 heavy (non-hydrogen) atoms. The predicted octanol–water partition coefficient (Wildman–Crippen LogP) is -3.75. The molecule has 118 valence electrons. The van der Waals surface area contributed by atoms with Crippen molar-refractivity contribution in [2.24, 2.45) is 0 Å². The molecule has 1 aromatic carbocycles. The van der Waals surface area contributed by atoms with Crippen LogP contribution >= 0.6 is 0 Å². The maximum Gasteiger partial charge on any atom is 0.310 e. The summed E-state index contributed by atoms with van der Waals surface area (Å²) in [6, 6.07) is 6.17. The normalized spacial score (nSPS) is 16.8. The van der Waals surface area contributed by atoms with Crippen molar-refractivity contribution in [3.8, 4) is 5.75 Å². The van der Waals surface area contributed by atoms with Gasteiger partial charge in [-0.1, -0.05) is 12.1 Å². The van der Waals surface area contributed by atoms with E-state index < -0.39 is 11.0 Å². The molecular weight excluding hydrogens is 300 g/mol. The molecule has 1 aromatic rings. The maximum absolute atomic E-state index is 10.8. The third-order valence-electron chi connectivity index (χ3n) is 3.22. The van der Waals surface area contributed by atoms with Gasteiger partial charge in [0.1, 0.15) is 32.3 Å². The Morgan fingerprint density at radius 1 is 1.38 bits per heavy atom. The molecule has 0 saturated carbocycles. The number of nitrogens with zero attached hydrogens (tertiary/aromatic N) is 1. The summed E-state index contributed by atoms with van der Waals surface area (Å²) in [6.07, 6.45) is -0.650. The van der Waals surface area contributed by atoms with Gasteiger partial charge in [-0.15, -0.1) is 0 Å². The molecule has 0 amide bonds. The quantitative estimate of drug-likeness (QED) is 0.416. The molecular formula is C13H19ClN2O5. The number of halogens is 1. The average Bonchev–Trinajstić information content (AvgIpc) is 2.46. The summed E-state index contributed by atoms with van der Waals surface area (Å²) in [4.78, 5) is 11.6. The van der Waals surface area contributed by atoms with Gasteiger partial charge in [0.2, 0.25) is 0 Å². The minimum atomic E-state index is -0.650. The number of nitrogens with one attached hydrogen (secondary N) is 1. The van der Waals surface area contributed by atoms with E-state index in [4.69, 9.17) is 9.47 Å². The zero-order valence-corrected chi connectivity index (χ0v) is 12.3. The van der Waals surface area contributed by atoms with Gasteiger partial charge in [0.15, 0.2) is 5.75 Å². The molecule has 1 atom stereocenters. The van der Waals surface area contributed by atoms with Crippen molar-refractivity contribution in [2.45, 2.75) is 6.10 Å². The molecule has 7 nitrogen and oxygen atoms in total. The Labute approximate surface area is 129 Å². The molecule has 0 bridgehead atoms. The fourth-order valence-electron chi connectivity index (χ4n) is 2.17. The van der Waals surface area contributed by atoms with E-state index in [1.54, 1.807) is 12.1 Å². The zero-order chi connectivity index (χ0) is 14.4. The van der Waals surface area contributed by atoms with Gasteiger partial charge in [0, 0.05) is 6.07 Å². The van der Waals surface area contributed by atoms with Crippen LogP contribution in [0.3, 0.4) is 0 Å². The van der Waals surface area contributed by atoms with E-state index in [9.17, 15) is 15.2 Å². The zero-order valence-electron chi connectivity index (χ0n) is 11.5. The number of aliphatic hydroxyl groups excluding tert-OH is 1. The van der Waals surface area contributed by atoms with E-state index in [-0.39, 0.29) is 30.5 Å². The SMILES string of the molecule is O=[N+]([O-])c1ccccc1OCC(O)C[NH+]1CCOCC1.[Cl-]. The first-order valence-electron chi connectivity index (χ1n) is 6.62. The molecule has 2 rings (SSSR count). The molecule has 0 aromatic heterocycles. The third-order valence-corrected chi connectivity index (χ3v) is 3.22. The average molecular weight is 319 g/mol. The highest BCUT2D eigenvalue weighted by Gasteiger charge is 2.20. The van der Waals surface area contributed by atoms with Gasteiger partial charge in [-0.25, -0.2) is 0 Å². The van der Waals surface area contributed by atoms with Crippen molar-refractivity contribution in [3.05, 3.63) is 34.4 Å². The number of quaternary nitrogens is 1. The van der Waals surface area contributed by atoms with Gasteiger partial charge in [0.25, 0.3) is 0 Å². The van der Waals surface area contributed by atoms with Crippen LogP contribution in [-0.4, -0.2) is 55.6 Å². The molecule has 1 heterocycles. The Morgan fingerprint density at radius 2 is 2.05 bits per heavy atom. The monoisotopic (exact) mass is 318 g/mol. The Kier molecular flexibility index (Phi) is 7.38. The van der Waals surface area contributed by atoms with Crippen LogP contribution in [0.15, 0.2) is 24.3 Å². The van der Waals surface area contributed by atoms with Crippen molar-refractivity contribution in [1.82, 2.24) is 0 Å². The van der Waals surface area contributed by atoms with Gasteiger partial charge < -0.3 is 31.9 Å². The second-order valence-electron chi connectivity index (χ2n) is 4.76. The maximum atomic E-state index is 10.8. The number of rotatable bonds is 6. The van der Waals surface area contributed by atoms with Crippen LogP contribution in [0.2, 0.25) is 0 Å². The molecule has 1 unspecified atom stereocenters. The van der Waals surface area contributed by atoms with Crippen LogP contribution in [-0.2, 0) is 4.74 Å². The Bertz CT molecular complexity index is 454. The smallest absolute Gasteiger partial charge is 0.310 e. The van der Waals surface area contributed by atoms with E-state index in [2.05, 4.69) is 0 Å². The number of hydrogen-bond acceptors (Lipinski definition) is 5. The Hall–Kier alpha value is -1.41. The summed E-state index contributed by atoms with van der Waals surface area (Å²) in [6.45, 7) is 3.74. The molecule has 0 radical (unpaired) electrons. The molecule has 0 spiro atoms. The lowest BCUT2D eigenvalue weighted by Crippen LogP contribution is -3.15. The van der Waals surface area contributed by atoms with Crippen molar-refractivity contribution >= 4 is 5.69 Å². The van der Waals surface area contributed by atoms with Crippen molar-refractivity contribution < 1.29 is 36.8 Å². The number of nitro groups is 1. The van der Waals surface area contributed by atoms with E-state index in [1.165, 1.54) is 17.0 Å². The highest BCUT2D eigenvalue weighted by Crippen LogP contribution is 2.25. The standard InChI is InChI=1S/C13H18N2O5.ClH/c16-11(9-14-5-7-19-8-6-14)10-20-13-4-2-1-3-12(13)15(17)18;/h1-4,11,16H,5-10H2;1H.